The number of rotatable bonds is 5. The highest BCUT2D eigenvalue weighted by Crippen LogP contribution is 1.95. The quantitative estimate of drug-likeness (QED) is 0.716. The van der Waals surface area contributed by atoms with E-state index in [9.17, 15) is 9.59 Å². The molecule has 0 aromatic heterocycles. The zero-order valence-electron chi connectivity index (χ0n) is 8.68. The molecule has 0 saturated heterocycles. The van der Waals surface area contributed by atoms with Crippen LogP contribution < -0.4 is 5.32 Å². The van der Waals surface area contributed by atoms with Gasteiger partial charge in [0.05, 0.1) is 0 Å². The van der Waals surface area contributed by atoms with Gasteiger partial charge in [0.2, 0.25) is 5.91 Å². The average molecular weight is 221 g/mol. The summed E-state index contributed by atoms with van der Waals surface area (Å²) in [6.45, 7) is 5.29. The fourth-order valence-electron chi connectivity index (χ4n) is 1.09. The molecule has 3 amide bonds. The highest BCUT2D eigenvalue weighted by molar-refractivity contribution is 6.28. The molecule has 0 bridgehead atoms. The van der Waals surface area contributed by atoms with Crippen LogP contribution in [-0.4, -0.2) is 35.8 Å². The summed E-state index contributed by atoms with van der Waals surface area (Å²) in [7, 11) is 0. The molecule has 0 aliphatic carbocycles. The van der Waals surface area contributed by atoms with Gasteiger partial charge in [-0.1, -0.05) is 13.8 Å². The van der Waals surface area contributed by atoms with Crippen molar-refractivity contribution in [1.82, 2.24) is 10.2 Å². The molecule has 1 N–H and O–H groups in total. The molecule has 0 aliphatic heterocycles. The van der Waals surface area contributed by atoms with E-state index < -0.39 is 5.91 Å². The highest BCUT2D eigenvalue weighted by atomic mass is 35.5. The van der Waals surface area contributed by atoms with E-state index >= 15 is 0 Å². The van der Waals surface area contributed by atoms with Crippen LogP contribution in [0.3, 0.4) is 0 Å². The van der Waals surface area contributed by atoms with E-state index in [1.165, 1.54) is 0 Å². The fourth-order valence-corrected chi connectivity index (χ4v) is 1.15. The van der Waals surface area contributed by atoms with Gasteiger partial charge in [0, 0.05) is 13.1 Å². The Labute approximate surface area is 89.6 Å². The molecule has 0 atom stereocenters. The molecular formula is C9H17ClN2O2. The van der Waals surface area contributed by atoms with E-state index in [4.69, 9.17) is 11.6 Å². The second kappa shape index (κ2) is 7.62. The third kappa shape index (κ3) is 5.07. The van der Waals surface area contributed by atoms with Crippen LogP contribution in [0.5, 0.6) is 0 Å². The number of imide groups is 1. The molecule has 0 saturated carbocycles. The van der Waals surface area contributed by atoms with Crippen LogP contribution in [0.25, 0.3) is 0 Å². The van der Waals surface area contributed by atoms with Crippen molar-refractivity contribution in [3.8, 4) is 0 Å². The smallest absolute Gasteiger partial charge is 0.324 e. The normalized spacial score (nSPS) is 9.64. The van der Waals surface area contributed by atoms with Gasteiger partial charge in [-0.3, -0.25) is 10.1 Å². The molecule has 0 aromatic rings. The Kier molecular flexibility index (Phi) is 7.20. The van der Waals surface area contributed by atoms with E-state index in [-0.39, 0.29) is 11.9 Å². The van der Waals surface area contributed by atoms with Crippen LogP contribution in [0.2, 0.25) is 0 Å². The molecule has 0 aliphatic rings. The van der Waals surface area contributed by atoms with E-state index in [2.05, 4.69) is 5.32 Å². The summed E-state index contributed by atoms with van der Waals surface area (Å²) in [4.78, 5) is 23.9. The van der Waals surface area contributed by atoms with Gasteiger partial charge in [-0.15, -0.1) is 11.6 Å². The third-order valence-corrected chi connectivity index (χ3v) is 1.88. The summed E-state index contributed by atoms with van der Waals surface area (Å²) in [5, 5.41) is 2.22. The first-order chi connectivity index (χ1) is 6.65. The first-order valence-electron chi connectivity index (χ1n) is 4.80. The number of halogens is 1. The van der Waals surface area contributed by atoms with E-state index in [1.54, 1.807) is 4.90 Å². The number of alkyl halides is 1. The molecule has 14 heavy (non-hydrogen) atoms. The summed E-state index contributed by atoms with van der Waals surface area (Å²) in [6, 6.07) is -0.348. The molecule has 0 unspecified atom stereocenters. The van der Waals surface area contributed by atoms with Gasteiger partial charge >= 0.3 is 6.03 Å². The standard InChI is InChI=1S/C9H17ClN2O2/c1-3-5-12(6-4-2)9(14)11-8(13)7-10/h3-7H2,1-2H3,(H,11,13,14). The molecule has 0 aromatic carbocycles. The molecule has 0 heterocycles. The van der Waals surface area contributed by atoms with Crippen molar-refractivity contribution in [2.45, 2.75) is 26.7 Å². The lowest BCUT2D eigenvalue weighted by Gasteiger charge is -2.20. The van der Waals surface area contributed by atoms with Crippen molar-refractivity contribution in [3.05, 3.63) is 0 Å². The fraction of sp³-hybridized carbons (Fsp3) is 0.778. The van der Waals surface area contributed by atoms with Gasteiger partial charge in [0.25, 0.3) is 0 Å². The van der Waals surface area contributed by atoms with Gasteiger partial charge in [0.1, 0.15) is 5.88 Å². The van der Waals surface area contributed by atoms with Gasteiger partial charge in [-0.2, -0.15) is 0 Å². The highest BCUT2D eigenvalue weighted by Gasteiger charge is 2.13. The average Bonchev–Trinajstić information content (AvgIpc) is 2.17. The van der Waals surface area contributed by atoms with Crippen LogP contribution in [0.1, 0.15) is 26.7 Å². The lowest BCUT2D eigenvalue weighted by molar-refractivity contribution is -0.117. The van der Waals surface area contributed by atoms with E-state index in [1.807, 2.05) is 13.8 Å². The van der Waals surface area contributed by atoms with Crippen LogP contribution in [0, 0.1) is 0 Å². The Morgan fingerprint density at radius 1 is 1.21 bits per heavy atom. The van der Waals surface area contributed by atoms with E-state index in [0.717, 1.165) is 12.8 Å². The summed E-state index contributed by atoms with van der Waals surface area (Å²) in [6.07, 6.45) is 1.75. The molecule has 4 nitrogen and oxygen atoms in total. The third-order valence-electron chi connectivity index (χ3n) is 1.64. The van der Waals surface area contributed by atoms with Gasteiger partial charge in [-0.25, -0.2) is 4.79 Å². The first kappa shape index (κ1) is 13.2. The van der Waals surface area contributed by atoms with Crippen LogP contribution in [0.4, 0.5) is 4.79 Å². The Hall–Kier alpha value is -0.770. The zero-order valence-corrected chi connectivity index (χ0v) is 9.43. The van der Waals surface area contributed by atoms with Crippen molar-refractivity contribution in [2.24, 2.45) is 0 Å². The zero-order chi connectivity index (χ0) is 11.0. The Morgan fingerprint density at radius 3 is 2.07 bits per heavy atom. The van der Waals surface area contributed by atoms with Gasteiger partial charge < -0.3 is 4.90 Å². The van der Waals surface area contributed by atoms with Gasteiger partial charge in [0.15, 0.2) is 0 Å². The monoisotopic (exact) mass is 220 g/mol. The number of urea groups is 1. The number of nitrogens with zero attached hydrogens (tertiary/aromatic N) is 1. The van der Waals surface area contributed by atoms with Crippen molar-refractivity contribution >= 4 is 23.5 Å². The molecule has 0 radical (unpaired) electrons. The predicted octanol–water partition coefficient (Wildman–Crippen LogP) is 1.58. The number of amides is 3. The number of carbonyl (C=O) groups is 2. The Balaban J connectivity index is 4.06. The van der Waals surface area contributed by atoms with Crippen molar-refractivity contribution in [1.29, 1.82) is 0 Å². The molecule has 0 fully saturated rings. The lowest BCUT2D eigenvalue weighted by Crippen LogP contribution is -2.44. The molecular weight excluding hydrogens is 204 g/mol. The predicted molar refractivity (Wildman–Crippen MR) is 56.4 cm³/mol. The molecule has 82 valence electrons. The Morgan fingerprint density at radius 2 is 1.71 bits per heavy atom. The maximum Gasteiger partial charge on any atom is 0.324 e. The summed E-state index contributed by atoms with van der Waals surface area (Å²) in [5.74, 6) is -0.633. The SMILES string of the molecule is CCCN(CCC)C(=O)NC(=O)CCl. The summed E-state index contributed by atoms with van der Waals surface area (Å²) in [5.41, 5.74) is 0. The second-order valence-electron chi connectivity index (χ2n) is 2.97. The van der Waals surface area contributed by atoms with Crippen molar-refractivity contribution < 1.29 is 9.59 Å². The topological polar surface area (TPSA) is 49.4 Å². The van der Waals surface area contributed by atoms with Crippen molar-refractivity contribution in [3.63, 3.8) is 0 Å². The minimum absolute atomic E-state index is 0.183. The Bertz CT molecular complexity index is 191. The largest absolute Gasteiger partial charge is 0.324 e. The van der Waals surface area contributed by atoms with Crippen LogP contribution in [-0.2, 0) is 4.79 Å². The van der Waals surface area contributed by atoms with E-state index in [0.29, 0.717) is 13.1 Å². The summed E-state index contributed by atoms with van der Waals surface area (Å²) < 4.78 is 0. The van der Waals surface area contributed by atoms with Gasteiger partial charge in [-0.05, 0) is 12.8 Å². The molecule has 5 heteroatoms. The van der Waals surface area contributed by atoms with Crippen LogP contribution >= 0.6 is 11.6 Å². The molecule has 0 rings (SSSR count). The summed E-state index contributed by atoms with van der Waals surface area (Å²) >= 11 is 5.27. The molecule has 0 spiro atoms. The number of hydrogen-bond acceptors (Lipinski definition) is 2. The first-order valence-corrected chi connectivity index (χ1v) is 5.33. The maximum absolute atomic E-state index is 11.4. The second-order valence-corrected chi connectivity index (χ2v) is 3.24. The number of hydrogen-bond donors (Lipinski definition) is 1. The minimum atomic E-state index is -0.450. The minimum Gasteiger partial charge on any atom is -0.324 e. The number of nitrogens with one attached hydrogen (secondary N) is 1. The lowest BCUT2D eigenvalue weighted by atomic mass is 10.4. The van der Waals surface area contributed by atoms with Crippen molar-refractivity contribution in [2.75, 3.05) is 19.0 Å². The number of carbonyl (C=O) groups excluding carboxylic acids is 2. The van der Waals surface area contributed by atoms with Crippen LogP contribution in [0.15, 0.2) is 0 Å². The maximum atomic E-state index is 11.4.